The quantitative estimate of drug-likeness (QED) is 0.855. The van der Waals surface area contributed by atoms with E-state index >= 15 is 0 Å². The molecule has 0 amide bonds. The molecule has 0 radical (unpaired) electrons. The van der Waals surface area contributed by atoms with Gasteiger partial charge in [-0.05, 0) is 26.7 Å². The summed E-state index contributed by atoms with van der Waals surface area (Å²) in [6, 6.07) is 0. The maximum atomic E-state index is 4.43. The number of hydrazine groups is 1. The number of aromatic nitrogens is 1. The fraction of sp³-hybridized carbons (Fsp3) is 0.727. The molecule has 1 N–H and O–H groups in total. The second kappa shape index (κ2) is 5.05. The molecule has 1 aliphatic rings. The van der Waals surface area contributed by atoms with Crippen molar-refractivity contribution in [2.75, 3.05) is 13.1 Å². The van der Waals surface area contributed by atoms with E-state index in [1.807, 2.05) is 0 Å². The Hall–Kier alpha value is -0.450. The molecule has 1 saturated heterocycles. The molecule has 0 spiro atoms. The molecule has 0 unspecified atom stereocenters. The van der Waals surface area contributed by atoms with Crippen molar-refractivity contribution >= 4 is 11.3 Å². The van der Waals surface area contributed by atoms with Crippen LogP contribution in [-0.4, -0.2) is 23.1 Å². The van der Waals surface area contributed by atoms with Gasteiger partial charge in [-0.2, -0.15) is 0 Å². The average molecular weight is 225 g/mol. The van der Waals surface area contributed by atoms with Gasteiger partial charge in [-0.1, -0.05) is 6.42 Å². The van der Waals surface area contributed by atoms with Gasteiger partial charge in [0.1, 0.15) is 0 Å². The van der Waals surface area contributed by atoms with Gasteiger partial charge in [-0.15, -0.1) is 11.3 Å². The van der Waals surface area contributed by atoms with Crippen LogP contribution >= 0.6 is 11.3 Å². The standard InChI is InChI=1S/C11H19N3S/c1-9-11(15-10(2)13-9)8-12-14-6-4-3-5-7-14/h12H,3-8H2,1-2H3. The molecular weight excluding hydrogens is 206 g/mol. The second-order valence-corrected chi connectivity index (χ2v) is 5.41. The number of aryl methyl sites for hydroxylation is 2. The normalized spacial score (nSPS) is 18.3. The molecule has 2 rings (SSSR count). The summed E-state index contributed by atoms with van der Waals surface area (Å²) in [6.07, 6.45) is 4.04. The average Bonchev–Trinajstić information content (AvgIpc) is 2.56. The third-order valence-corrected chi connectivity index (χ3v) is 3.89. The van der Waals surface area contributed by atoms with E-state index < -0.39 is 0 Å². The van der Waals surface area contributed by atoms with Crippen LogP contribution in [0, 0.1) is 13.8 Å². The summed E-state index contributed by atoms with van der Waals surface area (Å²) in [5.74, 6) is 0. The highest BCUT2D eigenvalue weighted by Crippen LogP contribution is 2.17. The summed E-state index contributed by atoms with van der Waals surface area (Å²) in [5.41, 5.74) is 4.68. The molecule has 2 heterocycles. The van der Waals surface area contributed by atoms with Crippen LogP contribution in [-0.2, 0) is 6.54 Å². The molecule has 15 heavy (non-hydrogen) atoms. The van der Waals surface area contributed by atoms with Crippen LogP contribution < -0.4 is 5.43 Å². The minimum Gasteiger partial charge on any atom is -0.250 e. The summed E-state index contributed by atoms with van der Waals surface area (Å²) in [6.45, 7) is 7.49. The smallest absolute Gasteiger partial charge is 0.0900 e. The number of nitrogens with one attached hydrogen (secondary N) is 1. The van der Waals surface area contributed by atoms with Crippen molar-refractivity contribution < 1.29 is 0 Å². The summed E-state index contributed by atoms with van der Waals surface area (Å²) < 4.78 is 0. The van der Waals surface area contributed by atoms with Crippen molar-refractivity contribution in [3.63, 3.8) is 0 Å². The molecule has 1 aliphatic heterocycles. The molecule has 0 saturated carbocycles. The second-order valence-electron chi connectivity index (χ2n) is 4.12. The van der Waals surface area contributed by atoms with Crippen LogP contribution in [0.2, 0.25) is 0 Å². The van der Waals surface area contributed by atoms with Gasteiger partial charge in [-0.3, -0.25) is 0 Å². The lowest BCUT2D eigenvalue weighted by Crippen LogP contribution is -2.41. The summed E-state index contributed by atoms with van der Waals surface area (Å²) in [7, 11) is 0. The topological polar surface area (TPSA) is 28.2 Å². The Labute approximate surface area is 95.5 Å². The van der Waals surface area contributed by atoms with Crippen LogP contribution in [0.1, 0.15) is 34.8 Å². The van der Waals surface area contributed by atoms with Crippen molar-refractivity contribution in [2.24, 2.45) is 0 Å². The fourth-order valence-corrected chi connectivity index (χ4v) is 2.84. The predicted octanol–water partition coefficient (Wildman–Crippen LogP) is 2.25. The molecular formula is C11H19N3S. The summed E-state index contributed by atoms with van der Waals surface area (Å²) in [4.78, 5) is 5.81. The van der Waals surface area contributed by atoms with E-state index in [9.17, 15) is 0 Å². The molecule has 84 valence electrons. The Bertz CT molecular complexity index is 316. The third kappa shape index (κ3) is 3.00. The van der Waals surface area contributed by atoms with Crippen molar-refractivity contribution in [3.05, 3.63) is 15.6 Å². The largest absolute Gasteiger partial charge is 0.250 e. The molecule has 1 aromatic heterocycles. The van der Waals surface area contributed by atoms with Gasteiger partial charge in [0.25, 0.3) is 0 Å². The van der Waals surface area contributed by atoms with E-state index in [1.54, 1.807) is 11.3 Å². The van der Waals surface area contributed by atoms with E-state index in [0.717, 1.165) is 6.54 Å². The summed E-state index contributed by atoms with van der Waals surface area (Å²) >= 11 is 1.80. The van der Waals surface area contributed by atoms with Crippen molar-refractivity contribution in [2.45, 2.75) is 39.7 Å². The van der Waals surface area contributed by atoms with E-state index in [-0.39, 0.29) is 0 Å². The number of nitrogens with zero attached hydrogens (tertiary/aromatic N) is 2. The van der Waals surface area contributed by atoms with Gasteiger partial charge >= 0.3 is 0 Å². The SMILES string of the molecule is Cc1nc(C)c(CNN2CCCCC2)s1. The molecule has 0 aliphatic carbocycles. The molecule has 4 heteroatoms. The maximum Gasteiger partial charge on any atom is 0.0900 e. The zero-order valence-corrected chi connectivity index (χ0v) is 10.4. The highest BCUT2D eigenvalue weighted by Gasteiger charge is 2.10. The van der Waals surface area contributed by atoms with Crippen LogP contribution in [0.4, 0.5) is 0 Å². The van der Waals surface area contributed by atoms with Gasteiger partial charge in [0, 0.05) is 24.5 Å². The van der Waals surface area contributed by atoms with Gasteiger partial charge in [0.2, 0.25) is 0 Å². The Kier molecular flexibility index (Phi) is 3.72. The first-order valence-electron chi connectivity index (χ1n) is 5.67. The highest BCUT2D eigenvalue weighted by molar-refractivity contribution is 7.11. The van der Waals surface area contributed by atoms with Crippen LogP contribution in [0.3, 0.4) is 0 Å². The first-order valence-corrected chi connectivity index (χ1v) is 6.49. The molecule has 3 nitrogen and oxygen atoms in total. The Balaban J connectivity index is 1.84. The minimum absolute atomic E-state index is 0.942. The Morgan fingerprint density at radius 2 is 2.00 bits per heavy atom. The Morgan fingerprint density at radius 3 is 2.60 bits per heavy atom. The first-order chi connectivity index (χ1) is 7.25. The molecule has 1 aromatic rings. The zero-order chi connectivity index (χ0) is 10.7. The number of hydrogen-bond acceptors (Lipinski definition) is 4. The van der Waals surface area contributed by atoms with Gasteiger partial charge in [-0.25, -0.2) is 15.4 Å². The molecule has 0 bridgehead atoms. The van der Waals surface area contributed by atoms with Crippen LogP contribution in [0.25, 0.3) is 0 Å². The van der Waals surface area contributed by atoms with Gasteiger partial charge in [0.15, 0.2) is 0 Å². The van der Waals surface area contributed by atoms with E-state index in [1.165, 1.54) is 47.9 Å². The molecule has 0 aromatic carbocycles. The number of rotatable bonds is 3. The third-order valence-electron chi connectivity index (χ3n) is 2.82. The number of hydrogen-bond donors (Lipinski definition) is 1. The lowest BCUT2D eigenvalue weighted by Gasteiger charge is -2.26. The maximum absolute atomic E-state index is 4.43. The minimum atomic E-state index is 0.942. The van der Waals surface area contributed by atoms with Crippen LogP contribution in [0.15, 0.2) is 0 Å². The van der Waals surface area contributed by atoms with Crippen molar-refractivity contribution in [1.29, 1.82) is 0 Å². The van der Waals surface area contributed by atoms with E-state index in [0.29, 0.717) is 0 Å². The zero-order valence-electron chi connectivity index (χ0n) is 9.55. The van der Waals surface area contributed by atoms with E-state index in [4.69, 9.17) is 0 Å². The van der Waals surface area contributed by atoms with Crippen molar-refractivity contribution in [1.82, 2.24) is 15.4 Å². The number of thiazole rings is 1. The predicted molar refractivity (Wildman–Crippen MR) is 63.9 cm³/mol. The van der Waals surface area contributed by atoms with E-state index in [2.05, 4.69) is 29.3 Å². The van der Waals surface area contributed by atoms with Crippen LogP contribution in [0.5, 0.6) is 0 Å². The number of piperidine rings is 1. The monoisotopic (exact) mass is 225 g/mol. The summed E-state index contributed by atoms with van der Waals surface area (Å²) in [5, 5.41) is 3.51. The van der Waals surface area contributed by atoms with Gasteiger partial charge in [0.05, 0.1) is 10.7 Å². The fourth-order valence-electron chi connectivity index (χ4n) is 1.97. The lowest BCUT2D eigenvalue weighted by molar-refractivity contribution is 0.151. The molecule has 1 fully saturated rings. The highest BCUT2D eigenvalue weighted by atomic mass is 32.1. The van der Waals surface area contributed by atoms with Gasteiger partial charge < -0.3 is 0 Å². The van der Waals surface area contributed by atoms with Crippen molar-refractivity contribution in [3.8, 4) is 0 Å². The molecule has 0 atom stereocenters. The first kappa shape index (κ1) is 11.0. The Morgan fingerprint density at radius 1 is 1.27 bits per heavy atom. The lowest BCUT2D eigenvalue weighted by atomic mass is 10.2.